The van der Waals surface area contributed by atoms with Crippen LogP contribution in [0.1, 0.15) is 76.5 Å². The van der Waals surface area contributed by atoms with E-state index in [2.05, 4.69) is 25.2 Å². The largest absolute Gasteiger partial charge is 0.496 e. The summed E-state index contributed by atoms with van der Waals surface area (Å²) in [5.74, 6) is 0.962. The van der Waals surface area contributed by atoms with E-state index in [0.29, 0.717) is 17.2 Å². The normalized spacial score (nSPS) is 12.4. The molecule has 1 amide bonds. The summed E-state index contributed by atoms with van der Waals surface area (Å²) in [7, 11) is -1.82. The van der Waals surface area contributed by atoms with Gasteiger partial charge in [-0.25, -0.2) is 8.42 Å². The molecule has 3 rings (SSSR count). The van der Waals surface area contributed by atoms with Crippen molar-refractivity contribution in [2.24, 2.45) is 0 Å². The molecule has 198 valence electrons. The summed E-state index contributed by atoms with van der Waals surface area (Å²) in [4.78, 5) is 13.0. The Bertz CT molecular complexity index is 1360. The molecule has 0 aliphatic rings. The second-order valence-electron chi connectivity index (χ2n) is 10.1. The minimum atomic E-state index is -3.50. The van der Waals surface area contributed by atoms with Gasteiger partial charge in [0.05, 0.1) is 31.6 Å². The van der Waals surface area contributed by atoms with Crippen molar-refractivity contribution in [2.75, 3.05) is 17.7 Å². The van der Waals surface area contributed by atoms with Crippen LogP contribution in [0.15, 0.2) is 54.6 Å². The summed E-state index contributed by atoms with van der Waals surface area (Å²) in [6.45, 7) is 12.3. The van der Waals surface area contributed by atoms with Gasteiger partial charge in [-0.1, -0.05) is 32.0 Å². The van der Waals surface area contributed by atoms with Gasteiger partial charge in [0.1, 0.15) is 5.75 Å². The minimum absolute atomic E-state index is 0.184. The van der Waals surface area contributed by atoms with E-state index < -0.39 is 10.0 Å². The zero-order valence-electron chi connectivity index (χ0n) is 23.0. The zero-order chi connectivity index (χ0) is 27.5. The molecule has 0 unspecified atom stereocenters. The number of ether oxygens (including phenoxy) is 1. The molecule has 0 aliphatic heterocycles. The van der Waals surface area contributed by atoms with Crippen molar-refractivity contribution in [3.05, 3.63) is 93.5 Å². The Morgan fingerprint density at radius 3 is 2.03 bits per heavy atom. The third-order valence-electron chi connectivity index (χ3n) is 6.49. The maximum absolute atomic E-state index is 13.0. The predicted octanol–water partition coefficient (Wildman–Crippen LogP) is 6.20. The Morgan fingerprint density at radius 2 is 1.51 bits per heavy atom. The molecule has 7 heteroatoms. The van der Waals surface area contributed by atoms with Crippen LogP contribution >= 0.6 is 0 Å². The molecule has 0 radical (unpaired) electrons. The van der Waals surface area contributed by atoms with Crippen LogP contribution in [0.4, 0.5) is 5.69 Å². The van der Waals surface area contributed by atoms with Crippen LogP contribution < -0.4 is 14.4 Å². The molecular weight excluding hydrogens is 484 g/mol. The van der Waals surface area contributed by atoms with E-state index >= 15 is 0 Å². The first-order chi connectivity index (χ1) is 17.3. The van der Waals surface area contributed by atoms with Crippen molar-refractivity contribution in [3.8, 4) is 5.75 Å². The number of sulfonamides is 1. The van der Waals surface area contributed by atoms with Gasteiger partial charge in [-0.2, -0.15) is 0 Å². The van der Waals surface area contributed by atoms with Crippen molar-refractivity contribution < 1.29 is 17.9 Å². The molecule has 0 bridgehead atoms. The highest BCUT2D eigenvalue weighted by atomic mass is 32.2. The molecule has 3 aromatic rings. The summed E-state index contributed by atoms with van der Waals surface area (Å²) in [5, 5.41) is 3.09. The summed E-state index contributed by atoms with van der Waals surface area (Å²) < 4.78 is 32.1. The van der Waals surface area contributed by atoms with E-state index in [0.717, 1.165) is 39.1 Å². The minimum Gasteiger partial charge on any atom is -0.496 e. The van der Waals surface area contributed by atoms with Gasteiger partial charge in [0.25, 0.3) is 5.91 Å². The number of hydrogen-bond donors (Lipinski definition) is 1. The van der Waals surface area contributed by atoms with Gasteiger partial charge in [-0.15, -0.1) is 0 Å². The molecule has 0 saturated carbocycles. The number of carbonyl (C=O) groups excluding carboxylic acids is 1. The van der Waals surface area contributed by atoms with Gasteiger partial charge in [0, 0.05) is 5.56 Å². The first kappa shape index (κ1) is 28.3. The molecule has 0 saturated heterocycles. The highest BCUT2D eigenvalue weighted by Crippen LogP contribution is 2.32. The van der Waals surface area contributed by atoms with E-state index in [1.807, 2.05) is 52.0 Å². The van der Waals surface area contributed by atoms with Gasteiger partial charge in [-0.3, -0.25) is 9.10 Å². The van der Waals surface area contributed by atoms with Crippen LogP contribution in [0.3, 0.4) is 0 Å². The summed E-state index contributed by atoms with van der Waals surface area (Å²) in [6, 6.07) is 16.7. The predicted molar refractivity (Wildman–Crippen MR) is 151 cm³/mol. The fraction of sp³-hybridized carbons (Fsp3) is 0.367. The van der Waals surface area contributed by atoms with Crippen molar-refractivity contribution in [1.29, 1.82) is 0 Å². The van der Waals surface area contributed by atoms with Crippen LogP contribution in [-0.2, 0) is 16.6 Å². The Morgan fingerprint density at radius 1 is 0.919 bits per heavy atom. The number of anilines is 1. The lowest BCUT2D eigenvalue weighted by Gasteiger charge is -2.24. The molecule has 0 aromatic heterocycles. The molecule has 3 aromatic carbocycles. The van der Waals surface area contributed by atoms with Crippen LogP contribution in [0.5, 0.6) is 5.75 Å². The topological polar surface area (TPSA) is 75.7 Å². The molecule has 1 atom stereocenters. The van der Waals surface area contributed by atoms with Gasteiger partial charge in [-0.05, 0) is 103 Å². The first-order valence-corrected chi connectivity index (χ1v) is 14.3. The van der Waals surface area contributed by atoms with Crippen molar-refractivity contribution in [3.63, 3.8) is 0 Å². The highest BCUT2D eigenvalue weighted by molar-refractivity contribution is 7.92. The fourth-order valence-electron chi connectivity index (χ4n) is 4.59. The number of methoxy groups -OCH3 is 1. The van der Waals surface area contributed by atoms with E-state index in [-0.39, 0.29) is 18.5 Å². The van der Waals surface area contributed by atoms with Crippen LogP contribution in [-0.4, -0.2) is 27.7 Å². The number of nitrogens with zero attached hydrogens (tertiary/aromatic N) is 1. The highest BCUT2D eigenvalue weighted by Gasteiger charge is 2.20. The molecule has 0 spiro atoms. The van der Waals surface area contributed by atoms with Gasteiger partial charge in [0.2, 0.25) is 10.0 Å². The SMILES string of the molecule is COc1cc(C)c([C@H](C)NC(=O)c2ccc(CN(c3cc(C)cc(C)c3)S(C)(=O)=O)cc2)cc1C(C)C. The average molecular weight is 523 g/mol. The molecule has 6 nitrogen and oxygen atoms in total. The van der Waals surface area contributed by atoms with Crippen molar-refractivity contribution >= 4 is 21.6 Å². The average Bonchev–Trinajstić information content (AvgIpc) is 2.80. The smallest absolute Gasteiger partial charge is 0.251 e. The van der Waals surface area contributed by atoms with Crippen molar-refractivity contribution in [1.82, 2.24) is 5.32 Å². The lowest BCUT2D eigenvalue weighted by molar-refractivity contribution is 0.0939. The van der Waals surface area contributed by atoms with E-state index in [9.17, 15) is 13.2 Å². The summed E-state index contributed by atoms with van der Waals surface area (Å²) >= 11 is 0. The molecule has 0 heterocycles. The molecule has 1 N–H and O–H groups in total. The zero-order valence-corrected chi connectivity index (χ0v) is 23.9. The quantitative estimate of drug-likeness (QED) is 0.363. The summed E-state index contributed by atoms with van der Waals surface area (Å²) in [5.41, 5.74) is 7.14. The Kier molecular flexibility index (Phi) is 8.69. The second-order valence-corrected chi connectivity index (χ2v) is 12.0. The molecule has 37 heavy (non-hydrogen) atoms. The van der Waals surface area contributed by atoms with Crippen molar-refractivity contribution in [2.45, 2.75) is 60.0 Å². The number of aryl methyl sites for hydroxylation is 3. The lowest BCUT2D eigenvalue weighted by Crippen LogP contribution is -2.29. The first-order valence-electron chi connectivity index (χ1n) is 12.4. The number of hydrogen-bond acceptors (Lipinski definition) is 4. The van der Waals surface area contributed by atoms with Gasteiger partial charge < -0.3 is 10.1 Å². The van der Waals surface area contributed by atoms with Crippen LogP contribution in [0.25, 0.3) is 0 Å². The Labute approximate surface area is 221 Å². The van der Waals surface area contributed by atoms with E-state index in [1.165, 1.54) is 10.6 Å². The molecule has 0 aliphatic carbocycles. The van der Waals surface area contributed by atoms with Gasteiger partial charge >= 0.3 is 0 Å². The fourth-order valence-corrected chi connectivity index (χ4v) is 5.46. The Balaban J connectivity index is 1.78. The monoisotopic (exact) mass is 522 g/mol. The molecular formula is C30H38N2O4S. The third kappa shape index (κ3) is 6.92. The maximum atomic E-state index is 13.0. The standard InChI is InChI=1S/C30H38N2O4S/c1-19(2)27-17-28(22(5)16-29(27)36-7)23(6)31-30(33)25-11-9-24(10-12-25)18-32(37(8,34)35)26-14-20(3)13-21(4)15-26/h9-17,19,23H,18H2,1-8H3,(H,31,33)/t23-/m0/s1. The second kappa shape index (κ2) is 11.4. The molecule has 0 fully saturated rings. The number of rotatable bonds is 9. The van der Waals surface area contributed by atoms with E-state index in [4.69, 9.17) is 4.74 Å². The summed E-state index contributed by atoms with van der Waals surface area (Å²) in [6.07, 6.45) is 1.21. The lowest BCUT2D eigenvalue weighted by atomic mass is 9.93. The van der Waals surface area contributed by atoms with Crippen LogP contribution in [0.2, 0.25) is 0 Å². The number of nitrogens with one attached hydrogen (secondary N) is 1. The maximum Gasteiger partial charge on any atom is 0.251 e. The Hall–Kier alpha value is -3.32. The number of benzene rings is 3. The third-order valence-corrected chi connectivity index (χ3v) is 7.63. The number of amides is 1. The van der Waals surface area contributed by atoms with Gasteiger partial charge in [0.15, 0.2) is 0 Å². The number of carbonyl (C=O) groups is 1. The van der Waals surface area contributed by atoms with Crippen LogP contribution in [0, 0.1) is 20.8 Å². The van der Waals surface area contributed by atoms with E-state index in [1.54, 1.807) is 31.4 Å².